The van der Waals surface area contributed by atoms with Crippen LogP contribution in [-0.4, -0.2) is 42.3 Å². The minimum Gasteiger partial charge on any atom is -0.382 e. The van der Waals surface area contributed by atoms with E-state index in [2.05, 4.69) is 20.6 Å². The summed E-state index contributed by atoms with van der Waals surface area (Å²) >= 11 is 0. The maximum atomic E-state index is 13.6. The minimum atomic E-state index is -5.02. The number of alkyl halides is 9. The van der Waals surface area contributed by atoms with Gasteiger partial charge in [0.15, 0.2) is 0 Å². The first-order valence-electron chi connectivity index (χ1n) is 13.8. The van der Waals surface area contributed by atoms with Gasteiger partial charge in [0.1, 0.15) is 0 Å². The summed E-state index contributed by atoms with van der Waals surface area (Å²) in [5.74, 6) is -0.0230. The second kappa shape index (κ2) is 12.0. The Kier molecular flexibility index (Phi) is 8.62. The Morgan fingerprint density at radius 1 is 0.886 bits per heavy atom. The molecule has 1 aromatic heterocycles. The van der Waals surface area contributed by atoms with Crippen LogP contribution in [0, 0.1) is 0 Å². The Bertz CT molecular complexity index is 1450. The molecule has 0 spiro atoms. The van der Waals surface area contributed by atoms with E-state index < -0.39 is 47.7 Å². The third kappa shape index (κ3) is 7.13. The molecule has 5 rings (SSSR count). The SMILES string of the molecule is CCC1CC(Nc2ncc(N3CCOCC3)c(Cc3cc(C(F)(F)F)cc(C(F)(F)F)c3)n2)c2cc(C(F)(F)F)ccc2N1. The number of anilines is 3. The van der Waals surface area contributed by atoms with Gasteiger partial charge in [0.25, 0.3) is 0 Å². The average Bonchev–Trinajstić information content (AvgIpc) is 2.96. The van der Waals surface area contributed by atoms with Crippen molar-refractivity contribution in [3.8, 4) is 0 Å². The molecule has 15 heteroatoms. The van der Waals surface area contributed by atoms with Gasteiger partial charge in [0.05, 0.1) is 53.5 Å². The average molecular weight is 634 g/mol. The number of nitrogens with one attached hydrogen (secondary N) is 2. The van der Waals surface area contributed by atoms with Gasteiger partial charge in [-0.3, -0.25) is 0 Å². The van der Waals surface area contributed by atoms with Gasteiger partial charge in [-0.1, -0.05) is 6.92 Å². The molecule has 2 aliphatic rings. The molecular formula is C29H28F9N5O. The smallest absolute Gasteiger partial charge is 0.382 e. The van der Waals surface area contributed by atoms with Gasteiger partial charge >= 0.3 is 18.5 Å². The molecule has 3 aromatic rings. The molecule has 2 N–H and O–H groups in total. The van der Waals surface area contributed by atoms with Crippen molar-refractivity contribution in [2.75, 3.05) is 41.8 Å². The van der Waals surface area contributed by atoms with Gasteiger partial charge in [-0.2, -0.15) is 39.5 Å². The number of benzene rings is 2. The van der Waals surface area contributed by atoms with Crippen LogP contribution in [0.4, 0.5) is 56.8 Å². The number of rotatable bonds is 6. The first-order valence-corrected chi connectivity index (χ1v) is 13.8. The second-order valence-electron chi connectivity index (χ2n) is 10.7. The fourth-order valence-corrected chi connectivity index (χ4v) is 5.40. The predicted octanol–water partition coefficient (Wildman–Crippen LogP) is 7.71. The summed E-state index contributed by atoms with van der Waals surface area (Å²) in [7, 11) is 0. The molecular weight excluding hydrogens is 605 g/mol. The largest absolute Gasteiger partial charge is 0.416 e. The highest BCUT2D eigenvalue weighted by molar-refractivity contribution is 5.60. The normalized spacial score (nSPS) is 19.4. The van der Waals surface area contributed by atoms with Crippen LogP contribution < -0.4 is 15.5 Å². The lowest BCUT2D eigenvalue weighted by Gasteiger charge is -2.34. The van der Waals surface area contributed by atoms with E-state index in [9.17, 15) is 39.5 Å². The molecule has 0 aliphatic carbocycles. The van der Waals surface area contributed by atoms with Gasteiger partial charge in [-0.05, 0) is 60.4 Å². The van der Waals surface area contributed by atoms with Crippen molar-refractivity contribution in [3.05, 3.63) is 76.1 Å². The number of hydrogen-bond acceptors (Lipinski definition) is 6. The molecule has 238 valence electrons. The van der Waals surface area contributed by atoms with Crippen LogP contribution in [0.2, 0.25) is 0 Å². The molecule has 0 amide bonds. The van der Waals surface area contributed by atoms with Gasteiger partial charge in [0.2, 0.25) is 5.95 Å². The lowest BCUT2D eigenvalue weighted by molar-refractivity contribution is -0.143. The summed E-state index contributed by atoms with van der Waals surface area (Å²) in [6.45, 7) is 3.37. The summed E-state index contributed by atoms with van der Waals surface area (Å²) in [4.78, 5) is 10.7. The summed E-state index contributed by atoms with van der Waals surface area (Å²) in [6.07, 6.45) is -12.6. The molecule has 3 heterocycles. The van der Waals surface area contributed by atoms with Gasteiger partial charge in [-0.15, -0.1) is 0 Å². The number of halogens is 9. The molecule has 2 atom stereocenters. The first kappa shape index (κ1) is 31.7. The summed E-state index contributed by atoms with van der Waals surface area (Å²) in [5.41, 5.74) is -2.60. The van der Waals surface area contributed by atoms with E-state index in [4.69, 9.17) is 4.74 Å². The molecule has 2 aromatic carbocycles. The molecule has 1 fully saturated rings. The molecule has 6 nitrogen and oxygen atoms in total. The zero-order valence-corrected chi connectivity index (χ0v) is 23.3. The Morgan fingerprint density at radius 3 is 2.11 bits per heavy atom. The molecule has 1 saturated heterocycles. The van der Waals surface area contributed by atoms with Crippen molar-refractivity contribution >= 4 is 17.3 Å². The second-order valence-corrected chi connectivity index (χ2v) is 10.7. The van der Waals surface area contributed by atoms with Crippen LogP contribution in [-0.2, 0) is 29.7 Å². The maximum Gasteiger partial charge on any atom is 0.416 e. The van der Waals surface area contributed by atoms with Crippen molar-refractivity contribution in [1.82, 2.24) is 9.97 Å². The quantitative estimate of drug-likeness (QED) is 0.271. The van der Waals surface area contributed by atoms with E-state index in [0.717, 1.165) is 12.1 Å². The molecule has 2 unspecified atom stereocenters. The third-order valence-corrected chi connectivity index (χ3v) is 7.65. The topological polar surface area (TPSA) is 62.3 Å². The van der Waals surface area contributed by atoms with Crippen molar-refractivity contribution in [2.45, 2.75) is 56.8 Å². The van der Waals surface area contributed by atoms with Crippen LogP contribution in [0.1, 0.15) is 59.3 Å². The van der Waals surface area contributed by atoms with E-state index in [0.29, 0.717) is 68.2 Å². The van der Waals surface area contributed by atoms with Crippen LogP contribution >= 0.6 is 0 Å². The number of nitrogens with zero attached hydrogens (tertiary/aromatic N) is 3. The highest BCUT2D eigenvalue weighted by Gasteiger charge is 2.37. The third-order valence-electron chi connectivity index (χ3n) is 7.65. The number of morpholine rings is 1. The Hall–Kier alpha value is -3.75. The molecule has 0 saturated carbocycles. The van der Waals surface area contributed by atoms with Gasteiger partial charge in [0, 0.05) is 31.2 Å². The van der Waals surface area contributed by atoms with Crippen molar-refractivity contribution in [3.63, 3.8) is 0 Å². The number of aromatic nitrogens is 2. The maximum absolute atomic E-state index is 13.6. The first-order chi connectivity index (χ1) is 20.6. The van der Waals surface area contributed by atoms with E-state index in [1.165, 1.54) is 12.3 Å². The Balaban J connectivity index is 1.54. The monoisotopic (exact) mass is 633 g/mol. The standard InChI is InChI=1S/C29H28F9N5O/c1-2-20-14-23(21-13-17(27(30,31)32)3-4-22(21)40-20)41-26-39-15-25(43-5-7-44-8-6-43)24(42-26)11-16-9-18(28(33,34)35)12-19(10-16)29(36,37)38/h3-4,9-10,12-13,15,20,23,40H,2,5-8,11,14H2,1H3,(H,39,41,42). The van der Waals surface area contributed by atoms with Crippen LogP contribution in [0.25, 0.3) is 0 Å². The summed E-state index contributed by atoms with van der Waals surface area (Å²) in [5, 5.41) is 6.30. The van der Waals surface area contributed by atoms with Crippen molar-refractivity contribution < 1.29 is 44.3 Å². The van der Waals surface area contributed by atoms with E-state index in [-0.39, 0.29) is 29.3 Å². The van der Waals surface area contributed by atoms with Crippen LogP contribution in [0.5, 0.6) is 0 Å². The Morgan fingerprint density at radius 2 is 1.52 bits per heavy atom. The fraction of sp³-hybridized carbons (Fsp3) is 0.448. The number of hydrogen-bond donors (Lipinski definition) is 2. The lowest BCUT2D eigenvalue weighted by Crippen LogP contribution is -2.37. The van der Waals surface area contributed by atoms with E-state index in [1.807, 2.05) is 11.8 Å². The van der Waals surface area contributed by atoms with Crippen LogP contribution in [0.3, 0.4) is 0 Å². The number of fused-ring (bicyclic) bond motifs is 1. The molecule has 2 aliphatic heterocycles. The zero-order valence-electron chi connectivity index (χ0n) is 23.3. The molecule has 0 radical (unpaired) electrons. The Labute approximate surface area is 246 Å². The highest BCUT2D eigenvalue weighted by atomic mass is 19.4. The van der Waals surface area contributed by atoms with Gasteiger partial charge in [-0.25, -0.2) is 9.97 Å². The lowest BCUT2D eigenvalue weighted by atomic mass is 9.90. The summed E-state index contributed by atoms with van der Waals surface area (Å²) in [6, 6.07) is 4.00. The summed E-state index contributed by atoms with van der Waals surface area (Å²) < 4.78 is 127. The fourth-order valence-electron chi connectivity index (χ4n) is 5.40. The number of ether oxygens (including phenoxy) is 1. The highest BCUT2D eigenvalue weighted by Crippen LogP contribution is 2.40. The predicted molar refractivity (Wildman–Crippen MR) is 144 cm³/mol. The van der Waals surface area contributed by atoms with Crippen molar-refractivity contribution in [1.29, 1.82) is 0 Å². The van der Waals surface area contributed by atoms with Gasteiger partial charge < -0.3 is 20.3 Å². The molecule has 44 heavy (non-hydrogen) atoms. The zero-order chi connectivity index (χ0) is 31.9. The van der Waals surface area contributed by atoms with Crippen molar-refractivity contribution in [2.24, 2.45) is 0 Å². The van der Waals surface area contributed by atoms with Crippen LogP contribution in [0.15, 0.2) is 42.6 Å². The molecule has 0 bridgehead atoms. The minimum absolute atomic E-state index is 0.0230. The van der Waals surface area contributed by atoms with E-state index in [1.54, 1.807) is 0 Å². The van der Waals surface area contributed by atoms with E-state index >= 15 is 0 Å².